The van der Waals surface area contributed by atoms with Crippen molar-refractivity contribution in [2.45, 2.75) is 19.9 Å². The summed E-state index contributed by atoms with van der Waals surface area (Å²) in [4.78, 5) is 0. The van der Waals surface area contributed by atoms with Crippen LogP contribution in [0.4, 0.5) is 0 Å². The number of hydrogen-bond acceptors (Lipinski definition) is 2. The Hall–Kier alpha value is -0.650. The van der Waals surface area contributed by atoms with Crippen LogP contribution in [0, 0.1) is 6.92 Å². The van der Waals surface area contributed by atoms with E-state index >= 15 is 0 Å². The van der Waals surface area contributed by atoms with Crippen LogP contribution in [0.5, 0.6) is 0 Å². The summed E-state index contributed by atoms with van der Waals surface area (Å²) in [5.74, 6) is 0. The molecule has 0 spiro atoms. The fraction of sp³-hybridized carbons (Fsp3) is 0.357. The van der Waals surface area contributed by atoms with Crippen molar-refractivity contribution in [1.29, 1.82) is 0 Å². The van der Waals surface area contributed by atoms with E-state index in [2.05, 4.69) is 74.3 Å². The van der Waals surface area contributed by atoms with Gasteiger partial charge < -0.3 is 5.32 Å². The largest absolute Gasteiger partial charge is 0.305 e. The van der Waals surface area contributed by atoms with E-state index in [9.17, 15) is 0 Å². The van der Waals surface area contributed by atoms with Crippen LogP contribution in [0.2, 0.25) is 0 Å². The lowest BCUT2D eigenvalue weighted by Crippen LogP contribution is -2.25. The van der Waals surface area contributed by atoms with E-state index in [-0.39, 0.29) is 6.04 Å². The SMILES string of the molecule is CCNC(c1cc(Br)ccc1C)c1c(Br)cnn1C. The zero-order valence-corrected chi connectivity index (χ0v) is 14.4. The molecule has 0 saturated heterocycles. The van der Waals surface area contributed by atoms with Crippen LogP contribution in [0.3, 0.4) is 0 Å². The summed E-state index contributed by atoms with van der Waals surface area (Å²) in [6.45, 7) is 5.15. The lowest BCUT2D eigenvalue weighted by atomic mass is 9.98. The third kappa shape index (κ3) is 3.09. The molecule has 0 fully saturated rings. The monoisotopic (exact) mass is 385 g/mol. The molecule has 1 unspecified atom stereocenters. The van der Waals surface area contributed by atoms with Gasteiger partial charge in [-0.2, -0.15) is 5.10 Å². The predicted molar refractivity (Wildman–Crippen MR) is 85.3 cm³/mol. The standard InChI is InChI=1S/C14H17Br2N3/c1-4-17-13(14-12(16)8-18-19(14)3)11-7-10(15)6-5-9(11)2/h5-8,13,17H,4H2,1-3H3. The first-order chi connectivity index (χ1) is 9.04. The fourth-order valence-corrected chi connectivity index (χ4v) is 3.18. The van der Waals surface area contributed by atoms with E-state index in [4.69, 9.17) is 0 Å². The third-order valence-electron chi connectivity index (χ3n) is 3.17. The van der Waals surface area contributed by atoms with E-state index in [1.54, 1.807) is 0 Å². The summed E-state index contributed by atoms with van der Waals surface area (Å²) in [5, 5.41) is 7.85. The summed E-state index contributed by atoms with van der Waals surface area (Å²) >= 11 is 7.15. The molecule has 1 N–H and O–H groups in total. The van der Waals surface area contributed by atoms with Gasteiger partial charge in [-0.15, -0.1) is 0 Å². The van der Waals surface area contributed by atoms with Crippen LogP contribution in [0.25, 0.3) is 0 Å². The molecule has 5 heteroatoms. The Morgan fingerprint density at radius 3 is 2.68 bits per heavy atom. The molecule has 1 aromatic heterocycles. The summed E-state index contributed by atoms with van der Waals surface area (Å²) in [6, 6.07) is 6.50. The first-order valence-corrected chi connectivity index (χ1v) is 7.80. The molecular weight excluding hydrogens is 370 g/mol. The first kappa shape index (κ1) is 14.8. The van der Waals surface area contributed by atoms with E-state index in [1.165, 1.54) is 11.1 Å². The molecular formula is C14H17Br2N3. The van der Waals surface area contributed by atoms with Gasteiger partial charge in [0.05, 0.1) is 22.4 Å². The van der Waals surface area contributed by atoms with Gasteiger partial charge in [0.1, 0.15) is 0 Å². The molecule has 2 aromatic rings. The van der Waals surface area contributed by atoms with Crippen molar-refractivity contribution in [3.8, 4) is 0 Å². The molecule has 0 radical (unpaired) electrons. The second-order valence-corrected chi connectivity index (χ2v) is 6.26. The van der Waals surface area contributed by atoms with Crippen LogP contribution in [-0.4, -0.2) is 16.3 Å². The summed E-state index contributed by atoms with van der Waals surface area (Å²) in [5.41, 5.74) is 3.67. The number of nitrogens with one attached hydrogen (secondary N) is 1. The van der Waals surface area contributed by atoms with E-state index in [0.29, 0.717) is 0 Å². The highest BCUT2D eigenvalue weighted by Gasteiger charge is 2.21. The molecule has 102 valence electrons. The van der Waals surface area contributed by atoms with Gasteiger partial charge in [0.15, 0.2) is 0 Å². The second-order valence-electron chi connectivity index (χ2n) is 4.49. The van der Waals surface area contributed by atoms with E-state index in [1.807, 2.05) is 17.9 Å². The molecule has 0 bridgehead atoms. The average Bonchev–Trinajstić information content (AvgIpc) is 2.70. The molecule has 19 heavy (non-hydrogen) atoms. The quantitative estimate of drug-likeness (QED) is 0.861. The smallest absolute Gasteiger partial charge is 0.0762 e. The minimum Gasteiger partial charge on any atom is -0.305 e. The average molecular weight is 387 g/mol. The minimum atomic E-state index is 0.129. The molecule has 1 heterocycles. The normalized spacial score (nSPS) is 12.7. The highest BCUT2D eigenvalue weighted by Crippen LogP contribution is 2.31. The van der Waals surface area contributed by atoms with Crippen molar-refractivity contribution in [2.75, 3.05) is 6.54 Å². The minimum absolute atomic E-state index is 0.129. The van der Waals surface area contributed by atoms with Crippen LogP contribution in [-0.2, 0) is 7.05 Å². The number of halogens is 2. The lowest BCUT2D eigenvalue weighted by Gasteiger charge is -2.21. The first-order valence-electron chi connectivity index (χ1n) is 6.21. The topological polar surface area (TPSA) is 29.9 Å². The Labute approximate surface area is 130 Å². The molecule has 0 aliphatic rings. The van der Waals surface area contributed by atoms with E-state index in [0.717, 1.165) is 21.2 Å². The van der Waals surface area contributed by atoms with Crippen LogP contribution in [0.15, 0.2) is 33.3 Å². The van der Waals surface area contributed by atoms with Gasteiger partial charge in [0.2, 0.25) is 0 Å². The third-order valence-corrected chi connectivity index (χ3v) is 4.28. The lowest BCUT2D eigenvalue weighted by molar-refractivity contribution is 0.568. The van der Waals surface area contributed by atoms with Crippen molar-refractivity contribution < 1.29 is 0 Å². The van der Waals surface area contributed by atoms with Gasteiger partial charge in [0.25, 0.3) is 0 Å². The number of nitrogens with zero attached hydrogens (tertiary/aromatic N) is 2. The van der Waals surface area contributed by atoms with Crippen molar-refractivity contribution in [3.05, 3.63) is 50.2 Å². The van der Waals surface area contributed by atoms with Gasteiger partial charge in [-0.1, -0.05) is 28.9 Å². The van der Waals surface area contributed by atoms with Gasteiger partial charge in [0, 0.05) is 11.5 Å². The molecule has 1 aromatic carbocycles. The van der Waals surface area contributed by atoms with E-state index < -0.39 is 0 Å². The maximum Gasteiger partial charge on any atom is 0.0762 e. The van der Waals surface area contributed by atoms with Gasteiger partial charge in [-0.3, -0.25) is 4.68 Å². The number of aryl methyl sites for hydroxylation is 2. The number of aromatic nitrogens is 2. The van der Waals surface area contributed by atoms with Crippen LogP contribution >= 0.6 is 31.9 Å². The highest BCUT2D eigenvalue weighted by molar-refractivity contribution is 9.10. The van der Waals surface area contributed by atoms with Gasteiger partial charge in [-0.25, -0.2) is 0 Å². The molecule has 0 saturated carbocycles. The maximum atomic E-state index is 4.31. The summed E-state index contributed by atoms with van der Waals surface area (Å²) < 4.78 is 4.03. The summed E-state index contributed by atoms with van der Waals surface area (Å²) in [7, 11) is 1.97. The zero-order valence-electron chi connectivity index (χ0n) is 11.2. The van der Waals surface area contributed by atoms with Crippen molar-refractivity contribution in [3.63, 3.8) is 0 Å². The van der Waals surface area contributed by atoms with Crippen molar-refractivity contribution in [2.24, 2.45) is 7.05 Å². The number of hydrogen-bond donors (Lipinski definition) is 1. The van der Waals surface area contributed by atoms with Crippen molar-refractivity contribution in [1.82, 2.24) is 15.1 Å². The highest BCUT2D eigenvalue weighted by atomic mass is 79.9. The molecule has 1 atom stereocenters. The number of rotatable bonds is 4. The maximum absolute atomic E-state index is 4.31. The second kappa shape index (κ2) is 6.20. The fourth-order valence-electron chi connectivity index (χ4n) is 2.23. The summed E-state index contributed by atoms with van der Waals surface area (Å²) in [6.07, 6.45) is 1.84. The van der Waals surface area contributed by atoms with Crippen LogP contribution < -0.4 is 5.32 Å². The number of benzene rings is 1. The molecule has 0 aliphatic heterocycles. The Kier molecular flexibility index (Phi) is 4.81. The molecule has 0 amide bonds. The Bertz CT molecular complexity index is 559. The Balaban J connectivity index is 2.54. The zero-order chi connectivity index (χ0) is 14.0. The van der Waals surface area contributed by atoms with Gasteiger partial charge in [-0.05, 0) is 52.7 Å². The van der Waals surface area contributed by atoms with Crippen molar-refractivity contribution >= 4 is 31.9 Å². The Morgan fingerprint density at radius 2 is 2.11 bits per heavy atom. The molecule has 0 aliphatic carbocycles. The molecule has 2 rings (SSSR count). The van der Waals surface area contributed by atoms with Gasteiger partial charge >= 0.3 is 0 Å². The predicted octanol–water partition coefficient (Wildman–Crippen LogP) is 3.95. The Morgan fingerprint density at radius 1 is 1.37 bits per heavy atom. The van der Waals surface area contributed by atoms with Crippen LogP contribution in [0.1, 0.15) is 29.8 Å². The molecule has 3 nitrogen and oxygen atoms in total.